The van der Waals surface area contributed by atoms with Gasteiger partial charge < -0.3 is 4.90 Å². The summed E-state index contributed by atoms with van der Waals surface area (Å²) >= 11 is 0. The Morgan fingerprint density at radius 3 is 0.712 bits per heavy atom. The lowest BCUT2D eigenvalue weighted by molar-refractivity contribution is -0.945. The molecule has 0 spiro atoms. The van der Waals surface area contributed by atoms with Gasteiger partial charge in [-0.15, -0.1) is 21.9 Å². The van der Waals surface area contributed by atoms with E-state index in [4.69, 9.17) is 0 Å². The van der Waals surface area contributed by atoms with Crippen LogP contribution in [0, 0.1) is 122 Å². The molecule has 1 aliphatic carbocycles. The van der Waals surface area contributed by atoms with Gasteiger partial charge in [-0.3, -0.25) is 0 Å². The molecule has 1 nitrogen and oxygen atoms in total. The number of rotatable bonds is 8. The van der Waals surface area contributed by atoms with Gasteiger partial charge in [-0.1, -0.05) is 19.3 Å². The highest BCUT2D eigenvalue weighted by atomic mass is 19.2. The molecule has 0 saturated heterocycles. The summed E-state index contributed by atoms with van der Waals surface area (Å²) in [6.07, 6.45) is 0.203. The predicted octanol–water partition coefficient (Wildman–Crippen LogP) is 8.11. The Kier molecular flexibility index (Phi) is 14.1. The molecule has 0 unspecified atom stereocenters. The maximum Gasteiger partial charge on any atom is 0.200 e. The number of halogens is 20. The zero-order valence-corrected chi connectivity index (χ0v) is 30.6. The normalized spacial score (nSPS) is 13.9. The summed E-state index contributed by atoms with van der Waals surface area (Å²) in [5.74, 6) is -70.4. The maximum absolute atomic E-state index is 15.4. The first-order valence-electron chi connectivity index (χ1n) is 17.4. The van der Waals surface area contributed by atoms with Gasteiger partial charge in [0.25, 0.3) is 0 Å². The number of nitrogens with one attached hydrogen (secondary N) is 1. The third kappa shape index (κ3) is 7.73. The van der Waals surface area contributed by atoms with Crippen LogP contribution in [0.4, 0.5) is 87.8 Å². The van der Waals surface area contributed by atoms with Crippen LogP contribution >= 0.6 is 0 Å². The largest absolute Gasteiger partial charge is 0.331 e. The van der Waals surface area contributed by atoms with E-state index in [1.54, 1.807) is 4.90 Å². The Labute approximate surface area is 321 Å². The standard InChI is InChI=1S/C24BF20.C13H27N/c26-5-1(6(27)14(35)21(42)13(5)34)25(2-7(28)15(36)22(43)16(37)8(2)29,3-9(30)17(38)23(44)18(39)10(3)31)4-11(32)19(40)24(45)20(41)12(4)33;1-11(2)14(12(3)4)10-13-8-6-5-7-9-13/h;11-13H,5-10H2,1-4H3/q-1;/p+1. The van der Waals surface area contributed by atoms with Gasteiger partial charge in [-0.2, -0.15) is 0 Å². The van der Waals surface area contributed by atoms with Crippen LogP contribution in [0.25, 0.3) is 0 Å². The van der Waals surface area contributed by atoms with Gasteiger partial charge >= 0.3 is 0 Å². The fraction of sp³-hybridized carbons (Fsp3) is 0.351. The molecule has 22 heteroatoms. The molecule has 0 heterocycles. The van der Waals surface area contributed by atoms with Crippen LogP contribution in [0.15, 0.2) is 0 Å². The first-order valence-corrected chi connectivity index (χ1v) is 17.4. The zero-order valence-electron chi connectivity index (χ0n) is 30.6. The van der Waals surface area contributed by atoms with Crippen molar-refractivity contribution in [3.8, 4) is 0 Å². The lowest BCUT2D eigenvalue weighted by Gasteiger charge is -2.44. The summed E-state index contributed by atoms with van der Waals surface area (Å²) in [7, 11) is 0. The lowest BCUT2D eigenvalue weighted by Crippen LogP contribution is -3.18. The Bertz CT molecular complexity index is 1880. The van der Waals surface area contributed by atoms with Crippen LogP contribution in [0.2, 0.25) is 0 Å². The minimum absolute atomic E-state index is 0.789. The molecule has 1 N–H and O–H groups in total. The summed E-state index contributed by atoms with van der Waals surface area (Å²) in [4.78, 5) is 1.80. The van der Waals surface area contributed by atoms with Crippen LogP contribution in [0.1, 0.15) is 59.8 Å². The van der Waals surface area contributed by atoms with Crippen molar-refractivity contribution in [3.05, 3.63) is 116 Å². The molecule has 5 rings (SSSR count). The van der Waals surface area contributed by atoms with Crippen molar-refractivity contribution in [2.75, 3.05) is 6.54 Å². The molecule has 0 atom stereocenters. The SMILES string of the molecule is CC(C)[NH+](CC1CCCCC1)C(C)C.Fc1c(F)c(F)c([B-](c2c(F)c(F)c(F)c(F)c2F)(c2c(F)c(F)c(F)c(F)c2F)c2c(F)c(F)c(F)c(F)c2F)c(F)c1F. The molecule has 0 amide bonds. The lowest BCUT2D eigenvalue weighted by atomic mass is 9.12. The Balaban J connectivity index is 0.000000464. The van der Waals surface area contributed by atoms with Crippen molar-refractivity contribution in [1.29, 1.82) is 0 Å². The molecular formula is C37H28BF20N. The van der Waals surface area contributed by atoms with E-state index in [9.17, 15) is 52.7 Å². The van der Waals surface area contributed by atoms with Gasteiger partial charge in [-0.05, 0) is 40.5 Å². The number of hydrogen-bond donors (Lipinski definition) is 1. The van der Waals surface area contributed by atoms with Crippen LogP contribution in [0.5, 0.6) is 0 Å². The highest BCUT2D eigenvalue weighted by Crippen LogP contribution is 2.31. The Morgan fingerprint density at radius 1 is 0.339 bits per heavy atom. The minimum Gasteiger partial charge on any atom is -0.331 e. The van der Waals surface area contributed by atoms with Gasteiger partial charge in [0.1, 0.15) is 52.7 Å². The van der Waals surface area contributed by atoms with Gasteiger partial charge in [-0.25, -0.2) is 87.8 Å². The Hall–Kier alpha value is -4.50. The maximum atomic E-state index is 15.4. The summed E-state index contributed by atoms with van der Waals surface area (Å²) in [6, 6.07) is 1.58. The molecule has 1 saturated carbocycles. The highest BCUT2D eigenvalue weighted by Gasteiger charge is 2.52. The Morgan fingerprint density at radius 2 is 0.525 bits per heavy atom. The summed E-state index contributed by atoms with van der Waals surface area (Å²) < 4.78 is 294. The zero-order chi connectivity index (χ0) is 44.9. The van der Waals surface area contributed by atoms with Crippen molar-refractivity contribution in [1.82, 2.24) is 0 Å². The average molecular weight is 877 g/mol. The first kappa shape index (κ1) is 47.2. The quantitative estimate of drug-likeness (QED) is 0.0791. The number of hydrogen-bond acceptors (Lipinski definition) is 0. The highest BCUT2D eigenvalue weighted by molar-refractivity contribution is 7.20. The summed E-state index contributed by atoms with van der Waals surface area (Å²) in [6.45, 7) is 10.8. The second-order valence-electron chi connectivity index (χ2n) is 14.4. The molecule has 0 aromatic heterocycles. The molecule has 4 aromatic carbocycles. The molecule has 0 aliphatic heterocycles. The van der Waals surface area contributed by atoms with Crippen LogP contribution in [0.3, 0.4) is 0 Å². The monoisotopic (exact) mass is 877 g/mol. The van der Waals surface area contributed by atoms with Gasteiger partial charge in [0.05, 0.1) is 18.6 Å². The second-order valence-corrected chi connectivity index (χ2v) is 14.4. The van der Waals surface area contributed by atoms with Crippen LogP contribution in [-0.2, 0) is 0 Å². The third-order valence-corrected chi connectivity index (χ3v) is 10.4. The van der Waals surface area contributed by atoms with Crippen molar-refractivity contribution >= 4 is 28.0 Å². The van der Waals surface area contributed by atoms with E-state index >= 15 is 35.1 Å². The van der Waals surface area contributed by atoms with Crippen molar-refractivity contribution in [2.45, 2.75) is 71.9 Å². The predicted molar refractivity (Wildman–Crippen MR) is 172 cm³/mol. The summed E-state index contributed by atoms with van der Waals surface area (Å²) in [5, 5.41) is 0. The molecule has 1 fully saturated rings. The van der Waals surface area contributed by atoms with Gasteiger partial charge in [0, 0.05) is 5.92 Å². The van der Waals surface area contributed by atoms with Crippen LogP contribution < -0.4 is 26.8 Å². The van der Waals surface area contributed by atoms with Crippen molar-refractivity contribution in [2.24, 2.45) is 5.92 Å². The third-order valence-electron chi connectivity index (χ3n) is 10.4. The van der Waals surface area contributed by atoms with Crippen molar-refractivity contribution < 1.29 is 92.7 Å². The van der Waals surface area contributed by atoms with Crippen molar-refractivity contribution in [3.63, 3.8) is 0 Å². The molecule has 59 heavy (non-hydrogen) atoms. The van der Waals surface area contributed by atoms with Gasteiger partial charge in [0.2, 0.25) is 0 Å². The number of quaternary nitrogens is 1. The van der Waals surface area contributed by atoms with Crippen LogP contribution in [-0.4, -0.2) is 24.8 Å². The molecule has 0 bridgehead atoms. The second kappa shape index (κ2) is 17.6. The minimum atomic E-state index is -7.22. The molecule has 1 aliphatic rings. The van der Waals surface area contributed by atoms with E-state index in [2.05, 4.69) is 27.7 Å². The number of benzene rings is 4. The van der Waals surface area contributed by atoms with E-state index in [1.807, 2.05) is 0 Å². The van der Waals surface area contributed by atoms with E-state index in [1.165, 1.54) is 38.6 Å². The topological polar surface area (TPSA) is 4.44 Å². The average Bonchev–Trinajstić information content (AvgIpc) is 3.20. The molecular weight excluding hydrogens is 849 g/mol. The molecule has 0 radical (unpaired) electrons. The van der Waals surface area contributed by atoms with Gasteiger partial charge in [0.15, 0.2) is 69.8 Å². The smallest absolute Gasteiger partial charge is 0.200 e. The molecule has 324 valence electrons. The van der Waals surface area contributed by atoms with E-state index in [-0.39, 0.29) is 0 Å². The fourth-order valence-electron chi connectivity index (χ4n) is 7.74. The van der Waals surface area contributed by atoms with E-state index in [0.717, 1.165) is 18.0 Å². The fourth-order valence-corrected chi connectivity index (χ4v) is 7.74. The molecule has 4 aromatic rings. The summed E-state index contributed by atoms with van der Waals surface area (Å²) in [5.41, 5.74) is -14.3. The van der Waals surface area contributed by atoms with E-state index in [0.29, 0.717) is 0 Å². The first-order chi connectivity index (χ1) is 27.3. The van der Waals surface area contributed by atoms with E-state index < -0.39 is 144 Å².